The van der Waals surface area contributed by atoms with Crippen LogP contribution in [0.15, 0.2) is 23.1 Å². The van der Waals surface area contributed by atoms with Crippen molar-refractivity contribution < 1.29 is 4.79 Å². The van der Waals surface area contributed by atoms with Gasteiger partial charge in [0.15, 0.2) is 0 Å². The van der Waals surface area contributed by atoms with Crippen LogP contribution >= 0.6 is 11.9 Å². The Kier molecular flexibility index (Phi) is 2.98. The smallest absolute Gasteiger partial charge is 0.228 e. The first kappa shape index (κ1) is 10.5. The fraction of sp³-hybridized carbons (Fsp3) is 0.364. The van der Waals surface area contributed by atoms with E-state index in [9.17, 15) is 4.79 Å². The summed E-state index contributed by atoms with van der Waals surface area (Å²) in [5.41, 5.74) is 2.05. The number of hydrogen-bond acceptors (Lipinski definition) is 3. The first-order valence-electron chi connectivity index (χ1n) is 5.00. The van der Waals surface area contributed by atoms with E-state index in [2.05, 4.69) is 30.0 Å². The van der Waals surface area contributed by atoms with E-state index < -0.39 is 0 Å². The van der Waals surface area contributed by atoms with Gasteiger partial charge in [-0.3, -0.25) is 9.52 Å². The lowest BCUT2D eigenvalue weighted by Crippen LogP contribution is -2.13. The summed E-state index contributed by atoms with van der Waals surface area (Å²) in [6.45, 7) is 4.21. The number of nitrogens with one attached hydrogen (secondary N) is 2. The van der Waals surface area contributed by atoms with Gasteiger partial charge in [0.05, 0.1) is 6.42 Å². The number of amides is 1. The molecule has 0 spiro atoms. The molecule has 1 heterocycles. The highest BCUT2D eigenvalue weighted by molar-refractivity contribution is 7.97. The summed E-state index contributed by atoms with van der Waals surface area (Å²) in [5, 5.41) is 2.82. The van der Waals surface area contributed by atoms with E-state index in [1.54, 1.807) is 11.9 Å². The maximum absolute atomic E-state index is 11.1. The molecule has 4 heteroatoms. The van der Waals surface area contributed by atoms with Crippen LogP contribution in [0.1, 0.15) is 19.4 Å². The predicted octanol–water partition coefficient (Wildman–Crippen LogP) is 2.19. The first-order valence-corrected chi connectivity index (χ1v) is 5.82. The Bertz CT molecular complexity index is 390. The molecule has 80 valence electrons. The highest BCUT2D eigenvalue weighted by Gasteiger charge is 2.17. The fourth-order valence-corrected chi connectivity index (χ4v) is 2.16. The lowest BCUT2D eigenvalue weighted by Gasteiger charge is -2.07. The molecule has 0 radical (unpaired) electrons. The molecule has 0 aliphatic carbocycles. The molecule has 0 fully saturated rings. The summed E-state index contributed by atoms with van der Waals surface area (Å²) in [5.74, 6) is 0.0870. The van der Waals surface area contributed by atoms with Crippen LogP contribution in [-0.4, -0.2) is 11.9 Å². The molecule has 0 saturated heterocycles. The number of hydrogen-bond donors (Lipinski definition) is 2. The normalized spacial score (nSPS) is 14.2. The largest absolute Gasteiger partial charge is 0.326 e. The second-order valence-electron chi connectivity index (χ2n) is 3.92. The van der Waals surface area contributed by atoms with Gasteiger partial charge in [0.1, 0.15) is 0 Å². The minimum absolute atomic E-state index is 0.0870. The van der Waals surface area contributed by atoms with Crippen molar-refractivity contribution >= 4 is 23.5 Å². The summed E-state index contributed by atoms with van der Waals surface area (Å²) in [4.78, 5) is 12.3. The zero-order valence-electron chi connectivity index (χ0n) is 8.83. The number of anilines is 1. The summed E-state index contributed by atoms with van der Waals surface area (Å²) >= 11 is 1.61. The molecule has 1 aromatic rings. The van der Waals surface area contributed by atoms with Gasteiger partial charge in [-0.1, -0.05) is 0 Å². The van der Waals surface area contributed by atoms with Gasteiger partial charge >= 0.3 is 0 Å². The molecule has 1 amide bonds. The molecule has 1 aromatic carbocycles. The Balaban J connectivity index is 2.09. The Morgan fingerprint density at radius 1 is 1.47 bits per heavy atom. The maximum Gasteiger partial charge on any atom is 0.228 e. The first-order chi connectivity index (χ1) is 7.15. The minimum Gasteiger partial charge on any atom is -0.326 e. The standard InChI is InChI=1S/C11H14N2OS/c1-7(2)13-15-9-3-4-10-8(5-9)6-11(14)12-10/h3-5,7,13H,6H2,1-2H3,(H,12,14). The van der Waals surface area contributed by atoms with Gasteiger partial charge in [0, 0.05) is 16.6 Å². The highest BCUT2D eigenvalue weighted by atomic mass is 32.2. The van der Waals surface area contributed by atoms with E-state index >= 15 is 0 Å². The second-order valence-corrected chi connectivity index (χ2v) is 4.83. The van der Waals surface area contributed by atoms with Crippen LogP contribution in [0.4, 0.5) is 5.69 Å². The van der Waals surface area contributed by atoms with E-state index in [1.807, 2.05) is 12.1 Å². The summed E-state index contributed by atoms with van der Waals surface area (Å²) in [6.07, 6.45) is 0.505. The Morgan fingerprint density at radius 3 is 3.00 bits per heavy atom. The molecule has 2 rings (SSSR count). The van der Waals surface area contributed by atoms with Crippen LogP contribution in [-0.2, 0) is 11.2 Å². The monoisotopic (exact) mass is 222 g/mol. The van der Waals surface area contributed by atoms with Gasteiger partial charge < -0.3 is 5.32 Å². The molecule has 15 heavy (non-hydrogen) atoms. The van der Waals surface area contributed by atoms with Crippen LogP contribution in [0, 0.1) is 0 Å². The van der Waals surface area contributed by atoms with Gasteiger partial charge in [-0.05, 0) is 49.6 Å². The SMILES string of the molecule is CC(C)NSc1ccc2c(c1)CC(=O)N2. The average molecular weight is 222 g/mol. The van der Waals surface area contributed by atoms with Crippen molar-refractivity contribution in [2.24, 2.45) is 0 Å². The van der Waals surface area contributed by atoms with E-state index in [0.29, 0.717) is 12.5 Å². The molecule has 0 saturated carbocycles. The minimum atomic E-state index is 0.0870. The van der Waals surface area contributed by atoms with Crippen LogP contribution in [0.2, 0.25) is 0 Å². The van der Waals surface area contributed by atoms with Crippen molar-refractivity contribution in [3.05, 3.63) is 23.8 Å². The highest BCUT2D eigenvalue weighted by Crippen LogP contribution is 2.27. The third-order valence-corrected chi connectivity index (χ3v) is 3.19. The third kappa shape index (κ3) is 2.52. The summed E-state index contributed by atoms with van der Waals surface area (Å²) in [7, 11) is 0. The number of carbonyl (C=O) groups is 1. The Hall–Kier alpha value is -1.00. The lowest BCUT2D eigenvalue weighted by molar-refractivity contribution is -0.115. The van der Waals surface area contributed by atoms with Crippen molar-refractivity contribution in [1.82, 2.24) is 4.72 Å². The lowest BCUT2D eigenvalue weighted by atomic mass is 10.2. The van der Waals surface area contributed by atoms with Gasteiger partial charge in [-0.25, -0.2) is 0 Å². The van der Waals surface area contributed by atoms with Crippen LogP contribution in [0.3, 0.4) is 0 Å². The van der Waals surface area contributed by atoms with E-state index in [1.165, 1.54) is 0 Å². The Morgan fingerprint density at radius 2 is 2.27 bits per heavy atom. The molecule has 2 N–H and O–H groups in total. The molecule has 0 unspecified atom stereocenters. The van der Waals surface area contributed by atoms with E-state index in [0.717, 1.165) is 16.1 Å². The average Bonchev–Trinajstić information content (AvgIpc) is 2.53. The number of carbonyl (C=O) groups excluding carboxylic acids is 1. The third-order valence-electron chi connectivity index (χ3n) is 2.11. The number of fused-ring (bicyclic) bond motifs is 1. The van der Waals surface area contributed by atoms with Gasteiger partial charge in [0.25, 0.3) is 0 Å². The quantitative estimate of drug-likeness (QED) is 0.770. The molecule has 0 aromatic heterocycles. The second kappa shape index (κ2) is 4.24. The molecule has 1 aliphatic rings. The van der Waals surface area contributed by atoms with Crippen molar-refractivity contribution in [2.75, 3.05) is 5.32 Å². The zero-order chi connectivity index (χ0) is 10.8. The van der Waals surface area contributed by atoms with Crippen LogP contribution in [0.25, 0.3) is 0 Å². The van der Waals surface area contributed by atoms with Gasteiger partial charge in [0.2, 0.25) is 5.91 Å². The van der Waals surface area contributed by atoms with Gasteiger partial charge in [-0.2, -0.15) is 0 Å². The predicted molar refractivity (Wildman–Crippen MR) is 62.9 cm³/mol. The molecule has 0 bridgehead atoms. The molecular weight excluding hydrogens is 208 g/mol. The van der Waals surface area contributed by atoms with Gasteiger partial charge in [-0.15, -0.1) is 0 Å². The molecule has 1 aliphatic heterocycles. The van der Waals surface area contributed by atoms with E-state index in [4.69, 9.17) is 0 Å². The molecule has 0 atom stereocenters. The van der Waals surface area contributed by atoms with Crippen molar-refractivity contribution in [3.63, 3.8) is 0 Å². The van der Waals surface area contributed by atoms with Crippen molar-refractivity contribution in [3.8, 4) is 0 Å². The summed E-state index contributed by atoms with van der Waals surface area (Å²) in [6, 6.07) is 6.49. The number of rotatable bonds is 3. The van der Waals surface area contributed by atoms with Crippen molar-refractivity contribution in [1.29, 1.82) is 0 Å². The number of benzene rings is 1. The molecular formula is C11H14N2OS. The van der Waals surface area contributed by atoms with Crippen LogP contribution in [0.5, 0.6) is 0 Å². The van der Waals surface area contributed by atoms with E-state index in [-0.39, 0.29) is 5.91 Å². The molecule has 3 nitrogen and oxygen atoms in total. The topological polar surface area (TPSA) is 41.1 Å². The Labute approximate surface area is 93.8 Å². The van der Waals surface area contributed by atoms with Crippen LogP contribution < -0.4 is 10.0 Å². The fourth-order valence-electron chi connectivity index (χ4n) is 1.46. The summed E-state index contributed by atoms with van der Waals surface area (Å²) < 4.78 is 3.28. The maximum atomic E-state index is 11.1. The van der Waals surface area contributed by atoms with Crippen molar-refractivity contribution in [2.45, 2.75) is 31.2 Å². The zero-order valence-corrected chi connectivity index (χ0v) is 9.65.